The van der Waals surface area contributed by atoms with Crippen LogP contribution in [0.25, 0.3) is 10.9 Å². The molecule has 3 heterocycles. The third-order valence-electron chi connectivity index (χ3n) is 5.68. The summed E-state index contributed by atoms with van der Waals surface area (Å²) in [5.74, 6) is 1.54. The maximum Gasteiger partial charge on any atom is 0.138 e. The Morgan fingerprint density at radius 3 is 2.59 bits per heavy atom. The molecule has 0 spiro atoms. The van der Waals surface area contributed by atoms with Gasteiger partial charge in [-0.2, -0.15) is 0 Å². The van der Waals surface area contributed by atoms with Crippen molar-refractivity contribution in [3.05, 3.63) is 53.7 Å². The second-order valence-electron chi connectivity index (χ2n) is 7.29. The SMILES string of the molecule is Cc1cnc2ccc3c(c2c1N1CCN(c2ccccc2O)CC1)CCS3. The Morgan fingerprint density at radius 1 is 1.00 bits per heavy atom. The van der Waals surface area contributed by atoms with E-state index in [4.69, 9.17) is 4.98 Å². The van der Waals surface area contributed by atoms with E-state index in [0.717, 1.165) is 43.8 Å². The van der Waals surface area contributed by atoms with Crippen LogP contribution >= 0.6 is 11.8 Å². The number of hydrogen-bond acceptors (Lipinski definition) is 5. The number of nitrogens with zero attached hydrogens (tertiary/aromatic N) is 3. The lowest BCUT2D eigenvalue weighted by atomic mass is 10.0. The van der Waals surface area contributed by atoms with Gasteiger partial charge in [0.05, 0.1) is 16.9 Å². The third kappa shape index (κ3) is 2.81. The Bertz CT molecular complexity index is 1010. The third-order valence-corrected chi connectivity index (χ3v) is 6.79. The highest BCUT2D eigenvalue weighted by molar-refractivity contribution is 7.99. The molecule has 27 heavy (non-hydrogen) atoms. The minimum Gasteiger partial charge on any atom is -0.506 e. The number of benzene rings is 2. The van der Waals surface area contributed by atoms with E-state index in [2.05, 4.69) is 28.9 Å². The highest BCUT2D eigenvalue weighted by atomic mass is 32.2. The number of hydrogen-bond donors (Lipinski definition) is 1. The highest BCUT2D eigenvalue weighted by Gasteiger charge is 2.25. The summed E-state index contributed by atoms with van der Waals surface area (Å²) in [4.78, 5) is 10.9. The number of para-hydroxylation sites is 2. The molecule has 2 aliphatic rings. The molecule has 5 rings (SSSR count). The van der Waals surface area contributed by atoms with E-state index in [9.17, 15) is 5.11 Å². The van der Waals surface area contributed by atoms with Crippen LogP contribution in [0.5, 0.6) is 5.75 Å². The number of anilines is 2. The summed E-state index contributed by atoms with van der Waals surface area (Å²) < 4.78 is 0. The lowest BCUT2D eigenvalue weighted by Gasteiger charge is -2.38. The fraction of sp³-hybridized carbons (Fsp3) is 0.318. The molecule has 1 aromatic heterocycles. The number of aryl methyl sites for hydroxylation is 2. The molecule has 2 aromatic carbocycles. The molecular formula is C22H23N3OS. The van der Waals surface area contributed by atoms with Crippen molar-refractivity contribution in [2.45, 2.75) is 18.2 Å². The Labute approximate surface area is 163 Å². The van der Waals surface area contributed by atoms with Gasteiger partial charge in [0.1, 0.15) is 5.75 Å². The zero-order valence-electron chi connectivity index (χ0n) is 15.5. The first-order chi connectivity index (χ1) is 13.2. The van der Waals surface area contributed by atoms with Crippen molar-refractivity contribution in [3.8, 4) is 5.75 Å². The first-order valence-electron chi connectivity index (χ1n) is 9.54. The van der Waals surface area contributed by atoms with Crippen LogP contribution in [0, 0.1) is 6.92 Å². The quantitative estimate of drug-likeness (QED) is 0.724. The van der Waals surface area contributed by atoms with Gasteiger partial charge in [-0.15, -0.1) is 11.8 Å². The Kier molecular flexibility index (Phi) is 4.12. The van der Waals surface area contributed by atoms with Gasteiger partial charge < -0.3 is 14.9 Å². The number of thioether (sulfide) groups is 1. The molecular weight excluding hydrogens is 354 g/mol. The number of phenols is 1. The zero-order valence-corrected chi connectivity index (χ0v) is 16.3. The number of aromatic hydroxyl groups is 1. The molecule has 1 saturated heterocycles. The van der Waals surface area contributed by atoms with E-state index in [1.54, 1.807) is 6.07 Å². The molecule has 0 saturated carbocycles. The van der Waals surface area contributed by atoms with Crippen LogP contribution < -0.4 is 9.80 Å². The summed E-state index contributed by atoms with van der Waals surface area (Å²) in [5.41, 5.74) is 6.14. The summed E-state index contributed by atoms with van der Waals surface area (Å²) in [6.45, 7) is 5.89. The van der Waals surface area contributed by atoms with Gasteiger partial charge in [0, 0.05) is 48.4 Å². The van der Waals surface area contributed by atoms with Crippen LogP contribution in [0.3, 0.4) is 0 Å². The van der Waals surface area contributed by atoms with Crippen LogP contribution in [0.4, 0.5) is 11.4 Å². The van der Waals surface area contributed by atoms with Gasteiger partial charge in [-0.1, -0.05) is 12.1 Å². The average molecular weight is 378 g/mol. The predicted molar refractivity (Wildman–Crippen MR) is 113 cm³/mol. The normalized spacial score (nSPS) is 16.8. The standard InChI is InChI=1S/C22H23N3OS/c1-15-14-23-17-6-7-20-16(8-13-27-20)21(17)22(15)25-11-9-24(10-12-25)18-4-2-3-5-19(18)26/h2-7,14,26H,8-13H2,1H3. The predicted octanol–water partition coefficient (Wildman–Crippen LogP) is 4.22. The average Bonchev–Trinajstić information content (AvgIpc) is 3.18. The van der Waals surface area contributed by atoms with Gasteiger partial charge in [0.15, 0.2) is 0 Å². The minimum absolute atomic E-state index is 0.367. The number of aromatic nitrogens is 1. The van der Waals surface area contributed by atoms with Crippen LogP contribution in [0.1, 0.15) is 11.1 Å². The first-order valence-corrected chi connectivity index (χ1v) is 10.5. The maximum atomic E-state index is 10.2. The number of phenolic OH excluding ortho intramolecular Hbond substituents is 1. The van der Waals surface area contributed by atoms with Crippen molar-refractivity contribution >= 4 is 34.0 Å². The van der Waals surface area contributed by atoms with Crippen molar-refractivity contribution in [1.29, 1.82) is 0 Å². The largest absolute Gasteiger partial charge is 0.506 e. The van der Waals surface area contributed by atoms with Crippen molar-refractivity contribution < 1.29 is 5.11 Å². The van der Waals surface area contributed by atoms with E-state index < -0.39 is 0 Å². The number of fused-ring (bicyclic) bond motifs is 3. The molecule has 0 radical (unpaired) electrons. The van der Waals surface area contributed by atoms with E-state index in [1.807, 2.05) is 36.2 Å². The molecule has 4 nitrogen and oxygen atoms in total. The van der Waals surface area contributed by atoms with Crippen molar-refractivity contribution in [3.63, 3.8) is 0 Å². The van der Waals surface area contributed by atoms with Gasteiger partial charge >= 0.3 is 0 Å². The monoisotopic (exact) mass is 377 g/mol. The Morgan fingerprint density at radius 2 is 1.78 bits per heavy atom. The second kappa shape index (κ2) is 6.64. The molecule has 2 aliphatic heterocycles. The summed E-state index contributed by atoms with van der Waals surface area (Å²) in [7, 11) is 0. The van der Waals surface area contributed by atoms with Crippen molar-refractivity contribution in [2.75, 3.05) is 41.7 Å². The minimum atomic E-state index is 0.367. The van der Waals surface area contributed by atoms with E-state index in [1.165, 1.54) is 32.8 Å². The molecule has 5 heteroatoms. The maximum absolute atomic E-state index is 10.2. The topological polar surface area (TPSA) is 39.6 Å². The molecule has 138 valence electrons. The summed E-state index contributed by atoms with van der Waals surface area (Å²) in [6.07, 6.45) is 3.15. The van der Waals surface area contributed by atoms with Crippen LogP contribution in [-0.2, 0) is 6.42 Å². The summed E-state index contributed by atoms with van der Waals surface area (Å²) in [6, 6.07) is 12.0. The Hall–Kier alpha value is -2.40. The molecule has 1 fully saturated rings. The smallest absolute Gasteiger partial charge is 0.138 e. The molecule has 0 aliphatic carbocycles. The lowest BCUT2D eigenvalue weighted by molar-refractivity contribution is 0.472. The van der Waals surface area contributed by atoms with Gasteiger partial charge in [0.2, 0.25) is 0 Å². The van der Waals surface area contributed by atoms with Gasteiger partial charge in [-0.3, -0.25) is 4.98 Å². The van der Waals surface area contributed by atoms with Gasteiger partial charge in [-0.25, -0.2) is 0 Å². The van der Waals surface area contributed by atoms with E-state index in [-0.39, 0.29) is 0 Å². The molecule has 3 aromatic rings. The highest BCUT2D eigenvalue weighted by Crippen LogP contribution is 2.41. The Balaban J connectivity index is 1.50. The van der Waals surface area contributed by atoms with E-state index in [0.29, 0.717) is 5.75 Å². The molecule has 0 atom stereocenters. The zero-order chi connectivity index (χ0) is 18.4. The van der Waals surface area contributed by atoms with Gasteiger partial charge in [0.25, 0.3) is 0 Å². The molecule has 0 unspecified atom stereocenters. The molecule has 1 N–H and O–H groups in total. The van der Waals surface area contributed by atoms with E-state index >= 15 is 0 Å². The van der Waals surface area contributed by atoms with Crippen molar-refractivity contribution in [2.24, 2.45) is 0 Å². The summed E-state index contributed by atoms with van der Waals surface area (Å²) in [5, 5.41) is 11.5. The van der Waals surface area contributed by atoms with Crippen LogP contribution in [0.15, 0.2) is 47.5 Å². The fourth-order valence-corrected chi connectivity index (χ4v) is 5.44. The summed E-state index contributed by atoms with van der Waals surface area (Å²) >= 11 is 1.96. The van der Waals surface area contributed by atoms with Gasteiger partial charge in [-0.05, 0) is 48.7 Å². The fourth-order valence-electron chi connectivity index (χ4n) is 4.37. The number of piperazine rings is 1. The first kappa shape index (κ1) is 16.8. The lowest BCUT2D eigenvalue weighted by Crippen LogP contribution is -2.46. The number of rotatable bonds is 2. The van der Waals surface area contributed by atoms with Crippen LogP contribution in [-0.4, -0.2) is 42.0 Å². The van der Waals surface area contributed by atoms with Crippen molar-refractivity contribution in [1.82, 2.24) is 4.98 Å². The molecule has 0 amide bonds. The van der Waals surface area contributed by atoms with Crippen LogP contribution in [0.2, 0.25) is 0 Å². The molecule has 0 bridgehead atoms. The second-order valence-corrected chi connectivity index (χ2v) is 8.42. The number of pyridine rings is 1.